The molecule has 1 aromatic heterocycles. The molecule has 0 unspecified atom stereocenters. The number of nitrogens with one attached hydrogen (secondary N) is 1. The average Bonchev–Trinajstić information content (AvgIpc) is 2.31. The number of aromatic nitrogens is 2. The third kappa shape index (κ3) is 2.70. The summed E-state index contributed by atoms with van der Waals surface area (Å²) in [6.45, 7) is 5.32. The summed E-state index contributed by atoms with van der Waals surface area (Å²) < 4.78 is 0. The summed E-state index contributed by atoms with van der Waals surface area (Å²) in [6, 6.07) is 0. The van der Waals surface area contributed by atoms with E-state index in [1.807, 2.05) is 19.4 Å². The SMILES string of the molecule is CNCc1cncc(N2CCC(C)CC2)n1. The second kappa shape index (κ2) is 5.25. The Hall–Kier alpha value is -1.16. The highest BCUT2D eigenvalue weighted by molar-refractivity contribution is 5.36. The first kappa shape index (κ1) is 11.3. The highest BCUT2D eigenvalue weighted by Crippen LogP contribution is 2.20. The molecule has 1 aromatic rings. The van der Waals surface area contributed by atoms with E-state index >= 15 is 0 Å². The second-order valence-electron chi connectivity index (χ2n) is 4.57. The molecule has 1 aliphatic rings. The predicted octanol–water partition coefficient (Wildman–Crippen LogP) is 1.43. The minimum Gasteiger partial charge on any atom is -0.355 e. The molecule has 2 rings (SSSR count). The molecule has 16 heavy (non-hydrogen) atoms. The van der Waals surface area contributed by atoms with Gasteiger partial charge < -0.3 is 10.2 Å². The Morgan fingerprint density at radius 1 is 1.38 bits per heavy atom. The van der Waals surface area contributed by atoms with E-state index in [0.29, 0.717) is 0 Å². The summed E-state index contributed by atoms with van der Waals surface area (Å²) in [5, 5.41) is 3.10. The van der Waals surface area contributed by atoms with Gasteiger partial charge in [0.1, 0.15) is 5.82 Å². The Labute approximate surface area is 97.1 Å². The standard InChI is InChI=1S/C12H20N4/c1-10-3-5-16(6-4-10)12-9-14-8-11(15-12)7-13-2/h8-10,13H,3-7H2,1-2H3. The average molecular weight is 220 g/mol. The molecule has 1 N–H and O–H groups in total. The molecular formula is C12H20N4. The van der Waals surface area contributed by atoms with Crippen molar-refractivity contribution < 1.29 is 0 Å². The summed E-state index contributed by atoms with van der Waals surface area (Å²) in [6.07, 6.45) is 6.22. The number of piperidine rings is 1. The van der Waals surface area contributed by atoms with E-state index in [-0.39, 0.29) is 0 Å². The molecule has 0 atom stereocenters. The van der Waals surface area contributed by atoms with Gasteiger partial charge in [-0.2, -0.15) is 0 Å². The molecule has 0 radical (unpaired) electrons. The third-order valence-electron chi connectivity index (χ3n) is 3.14. The first-order valence-corrected chi connectivity index (χ1v) is 6.00. The van der Waals surface area contributed by atoms with Crippen LogP contribution in [0.3, 0.4) is 0 Å². The van der Waals surface area contributed by atoms with Crippen molar-refractivity contribution in [2.24, 2.45) is 5.92 Å². The quantitative estimate of drug-likeness (QED) is 0.836. The molecule has 0 aromatic carbocycles. The Morgan fingerprint density at radius 3 is 2.81 bits per heavy atom. The topological polar surface area (TPSA) is 41.1 Å². The van der Waals surface area contributed by atoms with Crippen LogP contribution in [0.2, 0.25) is 0 Å². The van der Waals surface area contributed by atoms with Crippen LogP contribution in [0, 0.1) is 5.92 Å². The van der Waals surface area contributed by atoms with E-state index in [1.54, 1.807) is 0 Å². The zero-order valence-corrected chi connectivity index (χ0v) is 10.1. The fourth-order valence-electron chi connectivity index (χ4n) is 2.05. The Kier molecular flexibility index (Phi) is 3.72. The van der Waals surface area contributed by atoms with Crippen LogP contribution in [-0.4, -0.2) is 30.1 Å². The van der Waals surface area contributed by atoms with Gasteiger partial charge in [0.2, 0.25) is 0 Å². The van der Waals surface area contributed by atoms with Crippen LogP contribution in [0.5, 0.6) is 0 Å². The van der Waals surface area contributed by atoms with Crippen LogP contribution < -0.4 is 10.2 Å². The second-order valence-corrected chi connectivity index (χ2v) is 4.57. The molecule has 88 valence electrons. The van der Waals surface area contributed by atoms with Gasteiger partial charge in [-0.15, -0.1) is 0 Å². The van der Waals surface area contributed by atoms with Gasteiger partial charge in [-0.3, -0.25) is 4.98 Å². The van der Waals surface area contributed by atoms with Crippen LogP contribution in [0.1, 0.15) is 25.5 Å². The Balaban J connectivity index is 2.05. The van der Waals surface area contributed by atoms with E-state index in [2.05, 4.69) is 27.1 Å². The van der Waals surface area contributed by atoms with Crippen molar-refractivity contribution in [3.8, 4) is 0 Å². The molecule has 0 aliphatic carbocycles. The Bertz CT molecular complexity index is 332. The first-order chi connectivity index (χ1) is 7.79. The normalized spacial score (nSPS) is 17.8. The first-order valence-electron chi connectivity index (χ1n) is 6.00. The Morgan fingerprint density at radius 2 is 2.12 bits per heavy atom. The lowest BCUT2D eigenvalue weighted by Crippen LogP contribution is -2.33. The maximum atomic E-state index is 4.61. The van der Waals surface area contributed by atoms with Crippen molar-refractivity contribution in [3.63, 3.8) is 0 Å². The third-order valence-corrected chi connectivity index (χ3v) is 3.14. The smallest absolute Gasteiger partial charge is 0.147 e. The van der Waals surface area contributed by atoms with Gasteiger partial charge in [-0.1, -0.05) is 6.92 Å². The highest BCUT2D eigenvalue weighted by atomic mass is 15.2. The molecule has 1 fully saturated rings. The number of nitrogens with zero attached hydrogens (tertiary/aromatic N) is 3. The van der Waals surface area contributed by atoms with Crippen LogP contribution in [0.15, 0.2) is 12.4 Å². The summed E-state index contributed by atoms with van der Waals surface area (Å²) in [5.41, 5.74) is 1.01. The molecule has 0 amide bonds. The minimum atomic E-state index is 0.783. The van der Waals surface area contributed by atoms with E-state index in [4.69, 9.17) is 0 Å². The number of anilines is 1. The molecule has 4 nitrogen and oxygen atoms in total. The number of hydrogen-bond acceptors (Lipinski definition) is 4. The molecular weight excluding hydrogens is 200 g/mol. The minimum absolute atomic E-state index is 0.783. The molecule has 2 heterocycles. The van der Waals surface area contributed by atoms with Crippen molar-refractivity contribution in [1.82, 2.24) is 15.3 Å². The van der Waals surface area contributed by atoms with E-state index in [1.165, 1.54) is 12.8 Å². The molecule has 4 heteroatoms. The fourth-order valence-corrected chi connectivity index (χ4v) is 2.05. The molecule has 0 spiro atoms. The van der Waals surface area contributed by atoms with Gasteiger partial charge >= 0.3 is 0 Å². The predicted molar refractivity (Wildman–Crippen MR) is 65.4 cm³/mol. The van der Waals surface area contributed by atoms with E-state index in [9.17, 15) is 0 Å². The molecule has 1 saturated heterocycles. The maximum Gasteiger partial charge on any atom is 0.147 e. The number of hydrogen-bond donors (Lipinski definition) is 1. The maximum absolute atomic E-state index is 4.61. The lowest BCUT2D eigenvalue weighted by molar-refractivity contribution is 0.436. The van der Waals surface area contributed by atoms with Gasteiger partial charge in [0.05, 0.1) is 11.9 Å². The van der Waals surface area contributed by atoms with Crippen molar-refractivity contribution in [2.75, 3.05) is 25.0 Å². The van der Waals surface area contributed by atoms with Crippen molar-refractivity contribution in [1.29, 1.82) is 0 Å². The lowest BCUT2D eigenvalue weighted by Gasteiger charge is -2.31. The largest absolute Gasteiger partial charge is 0.355 e. The molecule has 0 saturated carbocycles. The van der Waals surface area contributed by atoms with Crippen LogP contribution in [0.25, 0.3) is 0 Å². The zero-order chi connectivity index (χ0) is 11.4. The van der Waals surface area contributed by atoms with Crippen LogP contribution in [0.4, 0.5) is 5.82 Å². The monoisotopic (exact) mass is 220 g/mol. The highest BCUT2D eigenvalue weighted by Gasteiger charge is 2.17. The van der Waals surface area contributed by atoms with E-state index < -0.39 is 0 Å². The van der Waals surface area contributed by atoms with Gasteiger partial charge in [0.25, 0.3) is 0 Å². The summed E-state index contributed by atoms with van der Waals surface area (Å²) in [7, 11) is 1.93. The van der Waals surface area contributed by atoms with Crippen LogP contribution >= 0.6 is 0 Å². The number of rotatable bonds is 3. The van der Waals surface area contributed by atoms with Gasteiger partial charge in [-0.05, 0) is 25.8 Å². The molecule has 1 aliphatic heterocycles. The van der Waals surface area contributed by atoms with Crippen molar-refractivity contribution in [2.45, 2.75) is 26.3 Å². The lowest BCUT2D eigenvalue weighted by atomic mass is 9.99. The fraction of sp³-hybridized carbons (Fsp3) is 0.667. The summed E-state index contributed by atoms with van der Waals surface area (Å²) in [5.74, 6) is 1.88. The van der Waals surface area contributed by atoms with Gasteiger partial charge in [-0.25, -0.2) is 4.98 Å². The van der Waals surface area contributed by atoms with Crippen LogP contribution in [-0.2, 0) is 6.54 Å². The van der Waals surface area contributed by atoms with Gasteiger partial charge in [0, 0.05) is 25.8 Å². The molecule has 0 bridgehead atoms. The summed E-state index contributed by atoms with van der Waals surface area (Å²) in [4.78, 5) is 11.2. The van der Waals surface area contributed by atoms with Crippen molar-refractivity contribution >= 4 is 5.82 Å². The van der Waals surface area contributed by atoms with E-state index in [0.717, 1.165) is 37.1 Å². The van der Waals surface area contributed by atoms with Gasteiger partial charge in [0.15, 0.2) is 0 Å². The summed E-state index contributed by atoms with van der Waals surface area (Å²) >= 11 is 0. The zero-order valence-electron chi connectivity index (χ0n) is 10.1. The van der Waals surface area contributed by atoms with Crippen molar-refractivity contribution in [3.05, 3.63) is 18.1 Å².